The number of hydrogen-bond donors (Lipinski definition) is 2. The highest BCUT2D eigenvalue weighted by Crippen LogP contribution is 2.30. The van der Waals surface area contributed by atoms with Crippen LogP contribution in [0.25, 0.3) is 10.9 Å². The van der Waals surface area contributed by atoms with E-state index in [1.807, 2.05) is 24.3 Å². The summed E-state index contributed by atoms with van der Waals surface area (Å²) in [5.41, 5.74) is 0.704. The molecule has 2 N–H and O–H groups in total. The third kappa shape index (κ3) is 4.66. The number of nitrogens with one attached hydrogen (secondary N) is 2. The Morgan fingerprint density at radius 1 is 1.07 bits per heavy atom. The summed E-state index contributed by atoms with van der Waals surface area (Å²) >= 11 is 0. The van der Waals surface area contributed by atoms with Crippen molar-refractivity contribution in [3.8, 4) is 0 Å². The van der Waals surface area contributed by atoms with Gasteiger partial charge in [-0.25, -0.2) is 0 Å². The molecule has 2 aromatic carbocycles. The van der Waals surface area contributed by atoms with Crippen LogP contribution in [-0.4, -0.2) is 23.5 Å². The molecule has 0 radical (unpaired) electrons. The summed E-state index contributed by atoms with van der Waals surface area (Å²) in [5.74, 6) is -1.33. The van der Waals surface area contributed by atoms with Crippen LogP contribution in [0.2, 0.25) is 0 Å². The largest absolute Gasteiger partial charge is 0.455 e. The highest BCUT2D eigenvalue weighted by atomic mass is 19.4. The molecule has 1 aromatic heterocycles. The number of amides is 1. The molecular weight excluding hydrogens is 361 g/mol. The molecule has 0 saturated heterocycles. The number of ether oxygens (including phenoxy) is 1. The van der Waals surface area contributed by atoms with E-state index in [1.165, 1.54) is 12.1 Å². The molecule has 0 aliphatic carbocycles. The number of hydrogen-bond acceptors (Lipinski definition) is 3. The monoisotopic (exact) mass is 376 g/mol. The summed E-state index contributed by atoms with van der Waals surface area (Å²) in [6.07, 6.45) is -2.85. The SMILES string of the molecule is O=C(COC(=O)Cc1c[nH]c2ccccc12)Nc1cccc(C(F)(F)F)c1. The molecule has 0 spiro atoms. The first-order valence-electron chi connectivity index (χ1n) is 8.00. The fraction of sp³-hybridized carbons (Fsp3) is 0.158. The number of carbonyl (C=O) groups is 2. The number of para-hydroxylation sites is 1. The Balaban J connectivity index is 1.54. The van der Waals surface area contributed by atoms with Gasteiger partial charge < -0.3 is 15.0 Å². The van der Waals surface area contributed by atoms with Crippen LogP contribution in [0.3, 0.4) is 0 Å². The predicted molar refractivity (Wildman–Crippen MR) is 93.0 cm³/mol. The van der Waals surface area contributed by atoms with Crippen LogP contribution < -0.4 is 5.32 Å². The number of fused-ring (bicyclic) bond motifs is 1. The van der Waals surface area contributed by atoms with Gasteiger partial charge in [-0.3, -0.25) is 9.59 Å². The first-order chi connectivity index (χ1) is 12.8. The van der Waals surface area contributed by atoms with Gasteiger partial charge in [-0.05, 0) is 29.8 Å². The maximum absolute atomic E-state index is 12.7. The van der Waals surface area contributed by atoms with Crippen LogP contribution in [-0.2, 0) is 26.9 Å². The summed E-state index contributed by atoms with van der Waals surface area (Å²) in [6, 6.07) is 11.6. The first-order valence-corrected chi connectivity index (χ1v) is 8.00. The molecule has 0 aliphatic rings. The van der Waals surface area contributed by atoms with Crippen LogP contribution in [0.4, 0.5) is 18.9 Å². The highest BCUT2D eigenvalue weighted by molar-refractivity contribution is 5.93. The van der Waals surface area contributed by atoms with Crippen molar-refractivity contribution in [3.63, 3.8) is 0 Å². The summed E-state index contributed by atoms with van der Waals surface area (Å²) in [4.78, 5) is 26.8. The van der Waals surface area contributed by atoms with E-state index in [2.05, 4.69) is 10.3 Å². The number of anilines is 1. The molecule has 0 unspecified atom stereocenters. The van der Waals surface area contributed by atoms with Crippen molar-refractivity contribution in [2.45, 2.75) is 12.6 Å². The zero-order chi connectivity index (χ0) is 19.4. The Morgan fingerprint density at radius 2 is 1.85 bits per heavy atom. The molecule has 0 bridgehead atoms. The smallest absolute Gasteiger partial charge is 0.416 e. The quantitative estimate of drug-likeness (QED) is 0.663. The van der Waals surface area contributed by atoms with Crippen molar-refractivity contribution < 1.29 is 27.5 Å². The lowest BCUT2D eigenvalue weighted by molar-refractivity contribution is -0.146. The Bertz CT molecular complexity index is 979. The third-order valence-corrected chi connectivity index (χ3v) is 3.85. The average molecular weight is 376 g/mol. The standard InChI is InChI=1S/C19H15F3N2O3/c20-19(21,22)13-4-3-5-14(9-13)24-17(25)11-27-18(26)8-12-10-23-16-7-2-1-6-15(12)16/h1-7,9-10,23H,8,11H2,(H,24,25). The minimum atomic E-state index is -4.51. The molecule has 1 amide bonds. The van der Waals surface area contributed by atoms with Gasteiger partial charge in [0.25, 0.3) is 5.91 Å². The van der Waals surface area contributed by atoms with E-state index in [1.54, 1.807) is 6.20 Å². The van der Waals surface area contributed by atoms with Gasteiger partial charge in [0.05, 0.1) is 12.0 Å². The number of aromatic amines is 1. The molecule has 5 nitrogen and oxygen atoms in total. The second-order valence-corrected chi connectivity index (χ2v) is 5.82. The minimum absolute atomic E-state index is 0.0255. The summed E-state index contributed by atoms with van der Waals surface area (Å²) in [5, 5.41) is 3.15. The van der Waals surface area contributed by atoms with Gasteiger partial charge in [0, 0.05) is 22.8 Å². The van der Waals surface area contributed by atoms with Crippen molar-refractivity contribution >= 4 is 28.5 Å². The number of rotatable bonds is 5. The molecule has 8 heteroatoms. The van der Waals surface area contributed by atoms with E-state index in [0.29, 0.717) is 0 Å². The van der Waals surface area contributed by atoms with Gasteiger partial charge in [-0.15, -0.1) is 0 Å². The molecule has 140 valence electrons. The van der Waals surface area contributed by atoms with Gasteiger partial charge in [0.2, 0.25) is 0 Å². The summed E-state index contributed by atoms with van der Waals surface area (Å²) in [6.45, 7) is -0.586. The fourth-order valence-electron chi connectivity index (χ4n) is 2.60. The lowest BCUT2D eigenvalue weighted by atomic mass is 10.1. The number of alkyl halides is 3. The van der Waals surface area contributed by atoms with Crippen LogP contribution >= 0.6 is 0 Å². The topological polar surface area (TPSA) is 71.2 Å². The molecule has 0 aliphatic heterocycles. The zero-order valence-electron chi connectivity index (χ0n) is 14.0. The van der Waals surface area contributed by atoms with Gasteiger partial charge >= 0.3 is 12.1 Å². The number of carbonyl (C=O) groups excluding carboxylic acids is 2. The van der Waals surface area contributed by atoms with E-state index in [9.17, 15) is 22.8 Å². The third-order valence-electron chi connectivity index (χ3n) is 3.85. The van der Waals surface area contributed by atoms with Crippen LogP contribution in [0.15, 0.2) is 54.7 Å². The van der Waals surface area contributed by atoms with E-state index in [4.69, 9.17) is 4.74 Å². The van der Waals surface area contributed by atoms with Crippen molar-refractivity contribution in [2.75, 3.05) is 11.9 Å². The first kappa shape index (κ1) is 18.5. The van der Waals surface area contributed by atoms with Gasteiger partial charge in [-0.1, -0.05) is 24.3 Å². The lowest BCUT2D eigenvalue weighted by Gasteiger charge is -2.10. The molecule has 0 fully saturated rings. The highest BCUT2D eigenvalue weighted by Gasteiger charge is 2.30. The van der Waals surface area contributed by atoms with E-state index >= 15 is 0 Å². The van der Waals surface area contributed by atoms with Crippen molar-refractivity contribution in [2.24, 2.45) is 0 Å². The second-order valence-electron chi connectivity index (χ2n) is 5.82. The molecule has 3 rings (SSSR count). The van der Waals surface area contributed by atoms with E-state index < -0.39 is 30.2 Å². The van der Waals surface area contributed by atoms with Crippen molar-refractivity contribution in [3.05, 3.63) is 65.9 Å². The molecule has 1 heterocycles. The number of aromatic nitrogens is 1. The second kappa shape index (κ2) is 7.53. The van der Waals surface area contributed by atoms with E-state index in [0.717, 1.165) is 28.6 Å². The number of H-pyrrole nitrogens is 1. The Kier molecular flexibility index (Phi) is 5.16. The zero-order valence-corrected chi connectivity index (χ0v) is 14.0. The Labute approximate surface area is 152 Å². The van der Waals surface area contributed by atoms with Gasteiger partial charge in [0.1, 0.15) is 0 Å². The number of benzene rings is 2. The van der Waals surface area contributed by atoms with Crippen LogP contribution in [0.5, 0.6) is 0 Å². The normalized spacial score (nSPS) is 11.4. The Morgan fingerprint density at radius 3 is 2.63 bits per heavy atom. The predicted octanol–water partition coefficient (Wildman–Crippen LogP) is 3.91. The molecule has 0 atom stereocenters. The van der Waals surface area contributed by atoms with Crippen LogP contribution in [0.1, 0.15) is 11.1 Å². The lowest BCUT2D eigenvalue weighted by Crippen LogP contribution is -2.21. The summed E-state index contributed by atoms with van der Waals surface area (Å²) < 4.78 is 42.9. The van der Waals surface area contributed by atoms with Gasteiger partial charge in [-0.2, -0.15) is 13.2 Å². The number of esters is 1. The molecular formula is C19H15F3N2O3. The maximum Gasteiger partial charge on any atom is 0.416 e. The van der Waals surface area contributed by atoms with Crippen molar-refractivity contribution in [1.82, 2.24) is 4.98 Å². The number of halogens is 3. The molecule has 3 aromatic rings. The van der Waals surface area contributed by atoms with Crippen LogP contribution in [0, 0.1) is 0 Å². The van der Waals surface area contributed by atoms with Crippen molar-refractivity contribution in [1.29, 1.82) is 0 Å². The summed E-state index contributed by atoms with van der Waals surface area (Å²) in [7, 11) is 0. The van der Waals surface area contributed by atoms with E-state index in [-0.39, 0.29) is 12.1 Å². The molecule has 27 heavy (non-hydrogen) atoms. The average Bonchev–Trinajstić information content (AvgIpc) is 3.03. The molecule has 0 saturated carbocycles. The maximum atomic E-state index is 12.7. The minimum Gasteiger partial charge on any atom is -0.455 e. The Hall–Kier alpha value is -3.29. The van der Waals surface area contributed by atoms with Gasteiger partial charge in [0.15, 0.2) is 6.61 Å². The fourth-order valence-corrected chi connectivity index (χ4v) is 2.60.